The molecular formula is C19H21NO3S. The van der Waals surface area contributed by atoms with Gasteiger partial charge < -0.3 is 9.64 Å². The molecule has 4 nitrogen and oxygen atoms in total. The minimum atomic E-state index is -0.846. The number of thiophene rings is 1. The van der Waals surface area contributed by atoms with Crippen molar-refractivity contribution in [2.75, 3.05) is 11.4 Å². The normalized spacial score (nSPS) is 17.1. The molecule has 2 heterocycles. The van der Waals surface area contributed by atoms with Crippen molar-refractivity contribution in [3.05, 3.63) is 41.3 Å². The number of hydrogen-bond donors (Lipinski definition) is 0. The largest absolute Gasteiger partial charge is 0.459 e. The van der Waals surface area contributed by atoms with E-state index in [4.69, 9.17) is 4.74 Å². The van der Waals surface area contributed by atoms with E-state index in [9.17, 15) is 9.59 Å². The monoisotopic (exact) mass is 343 g/mol. The predicted octanol–water partition coefficient (Wildman–Crippen LogP) is 4.21. The van der Waals surface area contributed by atoms with Crippen LogP contribution < -0.4 is 4.90 Å². The predicted molar refractivity (Wildman–Crippen MR) is 96.4 cm³/mol. The van der Waals surface area contributed by atoms with E-state index in [2.05, 4.69) is 0 Å². The van der Waals surface area contributed by atoms with Crippen LogP contribution in [0.3, 0.4) is 0 Å². The third-order valence-electron chi connectivity index (χ3n) is 3.82. The molecule has 1 aliphatic rings. The molecule has 1 aromatic heterocycles. The number of ether oxygens (including phenoxy) is 1. The summed E-state index contributed by atoms with van der Waals surface area (Å²) in [7, 11) is 0. The molecule has 0 N–H and O–H groups in total. The van der Waals surface area contributed by atoms with Gasteiger partial charge in [-0.2, -0.15) is 0 Å². The summed E-state index contributed by atoms with van der Waals surface area (Å²) < 4.78 is 5.48. The second-order valence-corrected chi connectivity index (χ2v) is 7.86. The van der Waals surface area contributed by atoms with Crippen LogP contribution in [-0.4, -0.2) is 24.0 Å². The molecule has 3 rings (SSSR count). The quantitative estimate of drug-likeness (QED) is 0.619. The van der Waals surface area contributed by atoms with Crippen LogP contribution in [-0.2, 0) is 14.3 Å². The van der Waals surface area contributed by atoms with Crippen LogP contribution in [0, 0.1) is 0 Å². The summed E-state index contributed by atoms with van der Waals surface area (Å²) >= 11 is 1.50. The highest BCUT2D eigenvalue weighted by molar-refractivity contribution is 7.16. The maximum Gasteiger partial charge on any atom is 0.324 e. The lowest BCUT2D eigenvalue weighted by atomic mass is 10.1. The summed E-state index contributed by atoms with van der Waals surface area (Å²) in [5.41, 5.74) is 1.31. The summed E-state index contributed by atoms with van der Waals surface area (Å²) in [6.45, 7) is 7.89. The fourth-order valence-corrected chi connectivity index (χ4v) is 4.09. The summed E-state index contributed by atoms with van der Waals surface area (Å²) in [5.74, 6) is -1.50. The third-order valence-corrected chi connectivity index (χ3v) is 5.06. The smallest absolute Gasteiger partial charge is 0.324 e. The molecule has 2 aromatic rings. The molecule has 1 aromatic carbocycles. The zero-order valence-corrected chi connectivity index (χ0v) is 15.1. The Morgan fingerprint density at radius 1 is 1.25 bits per heavy atom. The number of benzene rings is 1. The number of anilines is 1. The Morgan fingerprint density at radius 3 is 2.50 bits per heavy atom. The van der Waals surface area contributed by atoms with Crippen molar-refractivity contribution in [3.8, 4) is 10.4 Å². The van der Waals surface area contributed by atoms with Crippen molar-refractivity contribution < 1.29 is 14.3 Å². The van der Waals surface area contributed by atoms with Crippen molar-refractivity contribution in [1.29, 1.82) is 0 Å². The van der Waals surface area contributed by atoms with Crippen LogP contribution >= 0.6 is 11.3 Å². The summed E-state index contributed by atoms with van der Waals surface area (Å²) in [6.07, 6.45) is 0. The van der Waals surface area contributed by atoms with E-state index in [0.29, 0.717) is 6.54 Å². The number of likely N-dealkylation sites (N-methyl/N-ethyl adjacent to an activating group) is 1. The van der Waals surface area contributed by atoms with Crippen molar-refractivity contribution in [1.82, 2.24) is 0 Å². The van der Waals surface area contributed by atoms with E-state index in [-0.39, 0.29) is 5.91 Å². The molecule has 0 radical (unpaired) electrons. The highest BCUT2D eigenvalue weighted by Crippen LogP contribution is 2.47. The zero-order valence-electron chi connectivity index (χ0n) is 14.3. The third kappa shape index (κ3) is 2.96. The minimum absolute atomic E-state index is 0.187. The maximum atomic E-state index is 12.7. The molecule has 0 aliphatic carbocycles. The van der Waals surface area contributed by atoms with Crippen LogP contribution in [0.1, 0.15) is 38.5 Å². The summed E-state index contributed by atoms with van der Waals surface area (Å²) in [4.78, 5) is 28.8. The van der Waals surface area contributed by atoms with Crippen molar-refractivity contribution in [3.63, 3.8) is 0 Å². The van der Waals surface area contributed by atoms with Gasteiger partial charge in [0.15, 0.2) is 5.92 Å². The van der Waals surface area contributed by atoms with Crippen LogP contribution in [0.25, 0.3) is 10.4 Å². The molecule has 0 saturated heterocycles. The Hall–Kier alpha value is -2.14. The second-order valence-electron chi connectivity index (χ2n) is 6.78. The molecule has 1 aliphatic heterocycles. The molecule has 1 unspecified atom stereocenters. The van der Waals surface area contributed by atoms with Gasteiger partial charge in [0.2, 0.25) is 5.91 Å². The minimum Gasteiger partial charge on any atom is -0.459 e. The first-order valence-electron chi connectivity index (χ1n) is 8.05. The molecule has 0 saturated carbocycles. The number of carbonyl (C=O) groups is 2. The van der Waals surface area contributed by atoms with E-state index in [0.717, 1.165) is 21.0 Å². The van der Waals surface area contributed by atoms with Gasteiger partial charge in [-0.15, -0.1) is 11.3 Å². The lowest BCUT2D eigenvalue weighted by molar-refractivity contribution is -0.158. The average Bonchev–Trinajstić information content (AvgIpc) is 3.02. The highest BCUT2D eigenvalue weighted by Gasteiger charge is 2.45. The molecule has 5 heteroatoms. The Kier molecular flexibility index (Phi) is 4.22. The molecule has 1 atom stereocenters. The van der Waals surface area contributed by atoms with Gasteiger partial charge in [-0.1, -0.05) is 30.3 Å². The van der Waals surface area contributed by atoms with E-state index in [1.54, 1.807) is 4.90 Å². The lowest BCUT2D eigenvalue weighted by Crippen LogP contribution is -2.35. The number of carbonyl (C=O) groups excluding carboxylic acids is 2. The molecular weight excluding hydrogens is 322 g/mol. The number of rotatable bonds is 3. The Labute approximate surface area is 146 Å². The first-order chi connectivity index (χ1) is 11.3. The zero-order chi connectivity index (χ0) is 17.5. The molecule has 1 amide bonds. The SMILES string of the molecule is CCN1C(=O)C(C(=O)OC(C)(C)C)c2sc(-c3ccccc3)cc21. The van der Waals surface area contributed by atoms with Gasteiger partial charge in [-0.3, -0.25) is 9.59 Å². The first-order valence-corrected chi connectivity index (χ1v) is 8.87. The number of esters is 1. The van der Waals surface area contributed by atoms with Crippen molar-refractivity contribution in [2.24, 2.45) is 0 Å². The summed E-state index contributed by atoms with van der Waals surface area (Å²) in [5, 5.41) is 0. The van der Waals surface area contributed by atoms with Crippen LogP contribution in [0.15, 0.2) is 36.4 Å². The van der Waals surface area contributed by atoms with Crippen LogP contribution in [0.2, 0.25) is 0 Å². The number of nitrogens with zero attached hydrogens (tertiary/aromatic N) is 1. The molecule has 24 heavy (non-hydrogen) atoms. The number of amides is 1. The van der Waals surface area contributed by atoms with E-state index >= 15 is 0 Å². The standard InChI is InChI=1S/C19H21NO3S/c1-5-20-13-11-14(12-9-7-6-8-10-12)24-16(13)15(17(20)21)18(22)23-19(2,3)4/h6-11,15H,5H2,1-4H3. The van der Waals surface area contributed by atoms with Crippen LogP contribution in [0.4, 0.5) is 5.69 Å². The van der Waals surface area contributed by atoms with E-state index < -0.39 is 17.5 Å². The lowest BCUT2D eigenvalue weighted by Gasteiger charge is -2.22. The number of hydrogen-bond acceptors (Lipinski definition) is 4. The van der Waals surface area contributed by atoms with Crippen molar-refractivity contribution >= 4 is 28.9 Å². The van der Waals surface area contributed by atoms with Gasteiger partial charge in [-0.25, -0.2) is 0 Å². The first kappa shape index (κ1) is 16.7. The number of fused-ring (bicyclic) bond motifs is 1. The Balaban J connectivity index is 2.01. The second kappa shape index (κ2) is 6.06. The van der Waals surface area contributed by atoms with Gasteiger partial charge in [0.05, 0.1) is 10.6 Å². The topological polar surface area (TPSA) is 46.6 Å². The maximum absolute atomic E-state index is 12.7. The molecule has 0 spiro atoms. The molecule has 0 bridgehead atoms. The van der Waals surface area contributed by atoms with Gasteiger partial charge >= 0.3 is 5.97 Å². The van der Waals surface area contributed by atoms with Gasteiger partial charge in [0, 0.05) is 11.4 Å². The Morgan fingerprint density at radius 2 is 1.92 bits per heavy atom. The highest BCUT2D eigenvalue weighted by atomic mass is 32.1. The van der Waals surface area contributed by atoms with E-state index in [1.165, 1.54) is 11.3 Å². The fourth-order valence-electron chi connectivity index (χ4n) is 2.84. The summed E-state index contributed by atoms with van der Waals surface area (Å²) in [6, 6.07) is 12.0. The fraction of sp³-hybridized carbons (Fsp3) is 0.368. The van der Waals surface area contributed by atoms with Crippen molar-refractivity contribution in [2.45, 2.75) is 39.2 Å². The molecule has 0 fully saturated rings. The Bertz CT molecular complexity index is 774. The van der Waals surface area contributed by atoms with Gasteiger partial charge in [0.1, 0.15) is 5.60 Å². The van der Waals surface area contributed by atoms with Gasteiger partial charge in [0.25, 0.3) is 0 Å². The average molecular weight is 343 g/mol. The van der Waals surface area contributed by atoms with E-state index in [1.807, 2.05) is 64.1 Å². The van der Waals surface area contributed by atoms with Gasteiger partial charge in [-0.05, 0) is 39.3 Å². The molecule has 126 valence electrons. The van der Waals surface area contributed by atoms with Crippen LogP contribution in [0.5, 0.6) is 0 Å².